The minimum Gasteiger partial charge on any atom is -0.493 e. The van der Waals surface area contributed by atoms with Crippen LogP contribution in [0.3, 0.4) is 0 Å². The topological polar surface area (TPSA) is 60.0 Å². The number of carbonyl (C=O) groups is 1. The molecule has 1 atom stereocenters. The monoisotopic (exact) mass is 404 g/mol. The Labute approximate surface area is 170 Å². The first-order chi connectivity index (χ1) is 13.5. The molecule has 2 aromatic carbocycles. The lowest BCUT2D eigenvalue weighted by Crippen LogP contribution is -2.32. The highest BCUT2D eigenvalue weighted by Crippen LogP contribution is 2.40. The molecule has 2 aromatic rings. The number of ether oxygens (including phenoxy) is 3. The van der Waals surface area contributed by atoms with Crippen LogP contribution in [0.2, 0.25) is 5.02 Å². The normalized spacial score (nSPS) is 16.6. The molecule has 0 aliphatic carbocycles. The number of likely N-dealkylation sites (tertiary alicyclic amines) is 1. The summed E-state index contributed by atoms with van der Waals surface area (Å²) in [5, 5.41) is 3.65. The van der Waals surface area contributed by atoms with Crippen LogP contribution in [0.25, 0.3) is 0 Å². The molecule has 150 valence electrons. The molecule has 1 aliphatic heterocycles. The van der Waals surface area contributed by atoms with E-state index in [4.69, 9.17) is 25.8 Å². The van der Waals surface area contributed by atoms with Gasteiger partial charge in [-0.25, -0.2) is 0 Å². The van der Waals surface area contributed by atoms with E-state index in [0.29, 0.717) is 34.5 Å². The van der Waals surface area contributed by atoms with Crippen LogP contribution in [0, 0.1) is 0 Å². The number of anilines is 1. The van der Waals surface area contributed by atoms with Crippen LogP contribution in [0.5, 0.6) is 17.2 Å². The quantitative estimate of drug-likeness (QED) is 0.751. The number of rotatable bonds is 7. The Morgan fingerprint density at radius 2 is 1.75 bits per heavy atom. The van der Waals surface area contributed by atoms with Crippen LogP contribution < -0.4 is 19.5 Å². The van der Waals surface area contributed by atoms with Gasteiger partial charge in [0.2, 0.25) is 11.7 Å². The number of carbonyl (C=O) groups excluding carboxylic acids is 1. The van der Waals surface area contributed by atoms with Crippen molar-refractivity contribution in [3.05, 3.63) is 47.0 Å². The summed E-state index contributed by atoms with van der Waals surface area (Å²) in [6.07, 6.45) is 2.09. The Morgan fingerprint density at radius 3 is 2.32 bits per heavy atom. The maximum absolute atomic E-state index is 12.7. The number of hydrogen-bond acceptors (Lipinski definition) is 5. The Balaban J connectivity index is 1.70. The van der Waals surface area contributed by atoms with Gasteiger partial charge in [-0.2, -0.15) is 0 Å². The summed E-state index contributed by atoms with van der Waals surface area (Å²) in [5.41, 5.74) is 1.78. The van der Waals surface area contributed by atoms with Crippen molar-refractivity contribution in [2.75, 3.05) is 39.7 Å². The standard InChI is InChI=1S/C21H25ClN2O4/c1-26-18-11-16(12-19(27-2)21(18)28-3)23-20(25)13-24-10-4-5-17(24)14-6-8-15(22)9-7-14/h6-9,11-12,17H,4-5,10,13H2,1-3H3,(H,23,25)/t17-/m0/s1. The summed E-state index contributed by atoms with van der Waals surface area (Å²) in [6.45, 7) is 1.19. The van der Waals surface area contributed by atoms with Crippen molar-refractivity contribution in [1.82, 2.24) is 4.90 Å². The minimum atomic E-state index is -0.0878. The molecule has 3 rings (SSSR count). The summed E-state index contributed by atoms with van der Waals surface area (Å²) < 4.78 is 16.0. The van der Waals surface area contributed by atoms with Gasteiger partial charge in [0.05, 0.1) is 27.9 Å². The van der Waals surface area contributed by atoms with E-state index in [0.717, 1.165) is 19.4 Å². The maximum atomic E-state index is 12.7. The first kappa shape index (κ1) is 20.3. The van der Waals surface area contributed by atoms with Gasteiger partial charge in [-0.3, -0.25) is 9.69 Å². The van der Waals surface area contributed by atoms with E-state index in [2.05, 4.69) is 10.2 Å². The van der Waals surface area contributed by atoms with E-state index < -0.39 is 0 Å². The van der Waals surface area contributed by atoms with Gasteiger partial charge in [-0.15, -0.1) is 0 Å². The third-order valence-electron chi connectivity index (χ3n) is 4.91. The predicted octanol–water partition coefficient (Wildman–Crippen LogP) is 4.14. The smallest absolute Gasteiger partial charge is 0.238 e. The van der Waals surface area contributed by atoms with Crippen molar-refractivity contribution >= 4 is 23.2 Å². The molecule has 1 aliphatic rings. The second kappa shape index (κ2) is 9.17. The first-order valence-electron chi connectivity index (χ1n) is 9.15. The maximum Gasteiger partial charge on any atom is 0.238 e. The second-order valence-corrected chi connectivity index (χ2v) is 7.08. The molecule has 1 amide bonds. The van der Waals surface area contributed by atoms with Gasteiger partial charge in [0.25, 0.3) is 0 Å². The fourth-order valence-corrected chi connectivity index (χ4v) is 3.74. The zero-order valence-corrected chi connectivity index (χ0v) is 17.1. The number of hydrogen-bond donors (Lipinski definition) is 1. The lowest BCUT2D eigenvalue weighted by molar-refractivity contribution is -0.117. The van der Waals surface area contributed by atoms with Crippen LogP contribution in [-0.4, -0.2) is 45.2 Å². The number of halogens is 1. The molecule has 0 saturated carbocycles. The number of nitrogens with one attached hydrogen (secondary N) is 1. The number of nitrogens with zero attached hydrogens (tertiary/aromatic N) is 1. The molecule has 0 aromatic heterocycles. The van der Waals surface area contributed by atoms with Crippen LogP contribution >= 0.6 is 11.6 Å². The van der Waals surface area contributed by atoms with Crippen molar-refractivity contribution in [3.8, 4) is 17.2 Å². The number of benzene rings is 2. The lowest BCUT2D eigenvalue weighted by Gasteiger charge is -2.24. The van der Waals surface area contributed by atoms with Gasteiger partial charge in [0.15, 0.2) is 11.5 Å². The molecular weight excluding hydrogens is 380 g/mol. The Hall–Kier alpha value is -2.44. The zero-order chi connectivity index (χ0) is 20.1. The number of methoxy groups -OCH3 is 3. The second-order valence-electron chi connectivity index (χ2n) is 6.64. The lowest BCUT2D eigenvalue weighted by atomic mass is 10.0. The van der Waals surface area contributed by atoms with E-state index in [1.807, 2.05) is 24.3 Å². The zero-order valence-electron chi connectivity index (χ0n) is 16.3. The van der Waals surface area contributed by atoms with Crippen molar-refractivity contribution in [2.24, 2.45) is 0 Å². The van der Waals surface area contributed by atoms with Crippen LogP contribution in [0.1, 0.15) is 24.4 Å². The molecule has 0 bridgehead atoms. The molecule has 0 spiro atoms. The molecular formula is C21H25ClN2O4. The summed E-state index contributed by atoms with van der Waals surface area (Å²) in [7, 11) is 4.64. The van der Waals surface area contributed by atoms with Crippen LogP contribution in [-0.2, 0) is 4.79 Å². The fraction of sp³-hybridized carbons (Fsp3) is 0.381. The van der Waals surface area contributed by atoms with E-state index in [9.17, 15) is 4.79 Å². The van der Waals surface area contributed by atoms with Crippen molar-refractivity contribution < 1.29 is 19.0 Å². The molecule has 1 fully saturated rings. The molecule has 6 nitrogen and oxygen atoms in total. The summed E-state index contributed by atoms with van der Waals surface area (Å²) in [4.78, 5) is 14.9. The van der Waals surface area contributed by atoms with Gasteiger partial charge in [-0.1, -0.05) is 23.7 Å². The third kappa shape index (κ3) is 4.51. The van der Waals surface area contributed by atoms with Gasteiger partial charge in [0.1, 0.15) is 0 Å². The van der Waals surface area contributed by atoms with E-state index in [-0.39, 0.29) is 11.9 Å². The SMILES string of the molecule is COc1cc(NC(=O)CN2CCC[C@H]2c2ccc(Cl)cc2)cc(OC)c1OC. The Bertz CT molecular complexity index is 801. The van der Waals surface area contributed by atoms with Gasteiger partial charge in [-0.05, 0) is 37.1 Å². The van der Waals surface area contributed by atoms with Gasteiger partial charge >= 0.3 is 0 Å². The van der Waals surface area contributed by atoms with Gasteiger partial charge in [0, 0.05) is 28.9 Å². The van der Waals surface area contributed by atoms with Gasteiger partial charge < -0.3 is 19.5 Å². The minimum absolute atomic E-state index is 0.0878. The predicted molar refractivity (Wildman–Crippen MR) is 110 cm³/mol. The Morgan fingerprint density at radius 1 is 1.11 bits per heavy atom. The van der Waals surface area contributed by atoms with Crippen molar-refractivity contribution in [2.45, 2.75) is 18.9 Å². The average molecular weight is 405 g/mol. The first-order valence-corrected chi connectivity index (χ1v) is 9.53. The average Bonchev–Trinajstić information content (AvgIpc) is 3.15. The molecule has 1 N–H and O–H groups in total. The fourth-order valence-electron chi connectivity index (χ4n) is 3.62. The number of amides is 1. The summed E-state index contributed by atoms with van der Waals surface area (Å²) in [6, 6.07) is 11.5. The highest BCUT2D eigenvalue weighted by atomic mass is 35.5. The highest BCUT2D eigenvalue weighted by Gasteiger charge is 2.27. The molecule has 0 radical (unpaired) electrons. The highest BCUT2D eigenvalue weighted by molar-refractivity contribution is 6.30. The van der Waals surface area contributed by atoms with Crippen molar-refractivity contribution in [1.29, 1.82) is 0 Å². The Kier molecular flexibility index (Phi) is 6.65. The molecule has 0 unspecified atom stereocenters. The third-order valence-corrected chi connectivity index (χ3v) is 5.17. The van der Waals surface area contributed by atoms with Crippen LogP contribution in [0.15, 0.2) is 36.4 Å². The van der Waals surface area contributed by atoms with Crippen molar-refractivity contribution in [3.63, 3.8) is 0 Å². The van der Waals surface area contributed by atoms with E-state index in [1.54, 1.807) is 33.5 Å². The summed E-state index contributed by atoms with van der Waals surface area (Å²) in [5.74, 6) is 1.40. The largest absolute Gasteiger partial charge is 0.493 e. The molecule has 1 saturated heterocycles. The molecule has 7 heteroatoms. The van der Waals surface area contributed by atoms with Crippen LogP contribution in [0.4, 0.5) is 5.69 Å². The van der Waals surface area contributed by atoms with E-state index >= 15 is 0 Å². The molecule has 28 heavy (non-hydrogen) atoms. The molecule has 1 heterocycles. The summed E-state index contributed by atoms with van der Waals surface area (Å²) >= 11 is 5.99. The van der Waals surface area contributed by atoms with E-state index in [1.165, 1.54) is 5.56 Å².